The molecule has 0 aliphatic rings. The topological polar surface area (TPSA) is 28.7 Å². The zero-order valence-corrected chi connectivity index (χ0v) is 12.1. The summed E-state index contributed by atoms with van der Waals surface area (Å²) in [7, 11) is 0. The van der Waals surface area contributed by atoms with Gasteiger partial charge in [-0.3, -0.25) is 0 Å². The lowest BCUT2D eigenvalue weighted by Crippen LogP contribution is -1.91. The monoisotopic (exact) mass is 262 g/mol. The van der Waals surface area contributed by atoms with Crippen LogP contribution in [0.15, 0.2) is 48.7 Å². The molecule has 0 bridgehead atoms. The summed E-state index contributed by atoms with van der Waals surface area (Å²) < 4.78 is 0. The van der Waals surface area contributed by atoms with Crippen LogP contribution in [0.1, 0.15) is 16.7 Å². The van der Waals surface area contributed by atoms with Gasteiger partial charge in [0.2, 0.25) is 0 Å². The van der Waals surface area contributed by atoms with E-state index < -0.39 is 0 Å². The van der Waals surface area contributed by atoms with Gasteiger partial charge >= 0.3 is 0 Å². The second-order valence-corrected chi connectivity index (χ2v) is 5.21. The van der Waals surface area contributed by atoms with Crippen molar-refractivity contribution in [1.82, 2.24) is 9.97 Å². The van der Waals surface area contributed by atoms with Crippen LogP contribution in [0.2, 0.25) is 0 Å². The minimum absolute atomic E-state index is 0.918. The molecule has 0 fully saturated rings. The molecule has 1 aromatic heterocycles. The lowest BCUT2D eigenvalue weighted by Gasteiger charge is -2.10. The molecule has 100 valence electrons. The lowest BCUT2D eigenvalue weighted by atomic mass is 9.96. The first-order chi connectivity index (χ1) is 9.66. The predicted molar refractivity (Wildman–Crippen MR) is 83.7 cm³/mol. The van der Waals surface area contributed by atoms with Crippen molar-refractivity contribution >= 4 is 0 Å². The zero-order chi connectivity index (χ0) is 14.1. The van der Waals surface area contributed by atoms with Gasteiger partial charge in [-0.2, -0.15) is 0 Å². The number of aromatic nitrogens is 2. The number of H-pyrrole nitrogens is 1. The third-order valence-corrected chi connectivity index (χ3v) is 3.84. The standard InChI is InChI=1S/C18H18N2/c1-12-9-10-13(2)17(14(12)3)16-11-19-18(20-16)15-7-5-4-6-8-15/h4-11H,1-3H3,(H,19,20). The van der Waals surface area contributed by atoms with Gasteiger partial charge in [0.25, 0.3) is 0 Å². The van der Waals surface area contributed by atoms with E-state index in [4.69, 9.17) is 0 Å². The predicted octanol–water partition coefficient (Wildman–Crippen LogP) is 4.67. The molecule has 3 rings (SSSR count). The SMILES string of the molecule is Cc1ccc(C)c(-c2cnc(-c3ccccc3)[nH]2)c1C. The first-order valence-corrected chi connectivity index (χ1v) is 6.84. The molecule has 0 amide bonds. The lowest BCUT2D eigenvalue weighted by molar-refractivity contribution is 1.27. The van der Waals surface area contributed by atoms with E-state index >= 15 is 0 Å². The van der Waals surface area contributed by atoms with Gasteiger partial charge in [-0.15, -0.1) is 0 Å². The largest absolute Gasteiger partial charge is 0.338 e. The maximum absolute atomic E-state index is 4.52. The molecule has 1 N–H and O–H groups in total. The maximum atomic E-state index is 4.52. The normalized spacial score (nSPS) is 10.8. The highest BCUT2D eigenvalue weighted by Gasteiger charge is 2.11. The summed E-state index contributed by atoms with van der Waals surface area (Å²) in [6.45, 7) is 6.46. The molecule has 1 heterocycles. The summed E-state index contributed by atoms with van der Waals surface area (Å²) in [4.78, 5) is 7.96. The first-order valence-electron chi connectivity index (χ1n) is 6.84. The number of imidazole rings is 1. The van der Waals surface area contributed by atoms with Crippen LogP contribution in [0.4, 0.5) is 0 Å². The van der Waals surface area contributed by atoms with Crippen LogP contribution in [-0.2, 0) is 0 Å². The molecular formula is C18H18N2. The molecule has 0 radical (unpaired) electrons. The van der Waals surface area contributed by atoms with Gasteiger partial charge in [-0.05, 0) is 37.5 Å². The second-order valence-electron chi connectivity index (χ2n) is 5.21. The molecule has 2 nitrogen and oxygen atoms in total. The van der Waals surface area contributed by atoms with Gasteiger partial charge < -0.3 is 4.98 Å². The quantitative estimate of drug-likeness (QED) is 0.714. The Morgan fingerprint density at radius 3 is 2.30 bits per heavy atom. The Labute approximate surface area is 119 Å². The van der Waals surface area contributed by atoms with Crippen LogP contribution in [0, 0.1) is 20.8 Å². The molecule has 0 saturated heterocycles. The van der Waals surface area contributed by atoms with Crippen molar-refractivity contribution in [2.45, 2.75) is 20.8 Å². The highest BCUT2D eigenvalue weighted by molar-refractivity contribution is 5.71. The Morgan fingerprint density at radius 1 is 0.850 bits per heavy atom. The van der Waals surface area contributed by atoms with Crippen molar-refractivity contribution in [3.63, 3.8) is 0 Å². The maximum Gasteiger partial charge on any atom is 0.137 e. The second kappa shape index (κ2) is 4.97. The van der Waals surface area contributed by atoms with Crippen LogP contribution < -0.4 is 0 Å². The molecule has 2 heteroatoms. The Kier molecular flexibility index (Phi) is 3.15. The zero-order valence-electron chi connectivity index (χ0n) is 12.1. The van der Waals surface area contributed by atoms with E-state index in [1.54, 1.807) is 0 Å². The Morgan fingerprint density at radius 2 is 1.55 bits per heavy atom. The summed E-state index contributed by atoms with van der Waals surface area (Å²) in [5.41, 5.74) is 7.36. The van der Waals surface area contributed by atoms with Gasteiger partial charge in [-0.25, -0.2) is 4.98 Å². The van der Waals surface area contributed by atoms with Crippen molar-refractivity contribution < 1.29 is 0 Å². The third-order valence-electron chi connectivity index (χ3n) is 3.84. The number of benzene rings is 2. The molecule has 2 aromatic carbocycles. The molecule has 0 saturated carbocycles. The summed E-state index contributed by atoms with van der Waals surface area (Å²) >= 11 is 0. The summed E-state index contributed by atoms with van der Waals surface area (Å²) in [5, 5.41) is 0. The fraction of sp³-hybridized carbons (Fsp3) is 0.167. The Hall–Kier alpha value is -2.35. The average molecular weight is 262 g/mol. The average Bonchev–Trinajstić information content (AvgIpc) is 2.94. The van der Waals surface area contributed by atoms with Gasteiger partial charge in [-0.1, -0.05) is 42.5 Å². The Balaban J connectivity index is 2.10. The smallest absolute Gasteiger partial charge is 0.137 e. The number of hydrogen-bond acceptors (Lipinski definition) is 1. The number of aryl methyl sites for hydroxylation is 2. The van der Waals surface area contributed by atoms with Crippen LogP contribution in [0.3, 0.4) is 0 Å². The van der Waals surface area contributed by atoms with E-state index in [2.05, 4.69) is 55.0 Å². The number of hydrogen-bond donors (Lipinski definition) is 1. The van der Waals surface area contributed by atoms with Crippen LogP contribution >= 0.6 is 0 Å². The minimum atomic E-state index is 0.918. The molecule has 0 unspecified atom stereocenters. The molecular weight excluding hydrogens is 244 g/mol. The fourth-order valence-corrected chi connectivity index (χ4v) is 2.56. The number of aromatic amines is 1. The van der Waals surface area contributed by atoms with Gasteiger partial charge in [0, 0.05) is 11.1 Å². The van der Waals surface area contributed by atoms with Gasteiger partial charge in [0.05, 0.1) is 11.9 Å². The summed E-state index contributed by atoms with van der Waals surface area (Å²) in [6, 6.07) is 14.5. The molecule has 0 spiro atoms. The molecule has 3 aromatic rings. The fourth-order valence-electron chi connectivity index (χ4n) is 2.56. The van der Waals surface area contributed by atoms with E-state index in [1.807, 2.05) is 24.4 Å². The van der Waals surface area contributed by atoms with E-state index in [0.717, 1.165) is 17.1 Å². The van der Waals surface area contributed by atoms with E-state index in [9.17, 15) is 0 Å². The van der Waals surface area contributed by atoms with Crippen molar-refractivity contribution in [3.05, 3.63) is 65.4 Å². The molecule has 0 atom stereocenters. The van der Waals surface area contributed by atoms with E-state index in [-0.39, 0.29) is 0 Å². The molecule has 0 aliphatic heterocycles. The third kappa shape index (κ3) is 2.14. The number of rotatable bonds is 2. The first kappa shape index (κ1) is 12.7. The summed E-state index contributed by atoms with van der Waals surface area (Å²) in [5.74, 6) is 0.918. The van der Waals surface area contributed by atoms with Crippen molar-refractivity contribution in [1.29, 1.82) is 0 Å². The van der Waals surface area contributed by atoms with E-state index in [1.165, 1.54) is 22.3 Å². The van der Waals surface area contributed by atoms with Crippen LogP contribution in [0.25, 0.3) is 22.6 Å². The highest BCUT2D eigenvalue weighted by atomic mass is 14.9. The molecule has 0 aliphatic carbocycles. The van der Waals surface area contributed by atoms with Gasteiger partial charge in [0.15, 0.2) is 0 Å². The van der Waals surface area contributed by atoms with E-state index in [0.29, 0.717) is 0 Å². The number of nitrogens with zero attached hydrogens (tertiary/aromatic N) is 1. The van der Waals surface area contributed by atoms with Crippen molar-refractivity contribution in [3.8, 4) is 22.6 Å². The van der Waals surface area contributed by atoms with Crippen LogP contribution in [-0.4, -0.2) is 9.97 Å². The van der Waals surface area contributed by atoms with Crippen LogP contribution in [0.5, 0.6) is 0 Å². The van der Waals surface area contributed by atoms with Crippen molar-refractivity contribution in [2.75, 3.05) is 0 Å². The minimum Gasteiger partial charge on any atom is -0.338 e. The molecule has 20 heavy (non-hydrogen) atoms. The van der Waals surface area contributed by atoms with Crippen molar-refractivity contribution in [2.24, 2.45) is 0 Å². The summed E-state index contributed by atoms with van der Waals surface area (Å²) in [6.07, 6.45) is 1.93. The highest BCUT2D eigenvalue weighted by Crippen LogP contribution is 2.29. The van der Waals surface area contributed by atoms with Gasteiger partial charge in [0.1, 0.15) is 5.82 Å². The number of nitrogens with one attached hydrogen (secondary N) is 1. The Bertz CT molecular complexity index is 739.